The van der Waals surface area contributed by atoms with Crippen molar-refractivity contribution in [2.45, 2.75) is 18.2 Å². The molecule has 31 heavy (non-hydrogen) atoms. The van der Waals surface area contributed by atoms with Crippen molar-refractivity contribution in [2.24, 2.45) is 0 Å². The number of esters is 1. The van der Waals surface area contributed by atoms with Crippen LogP contribution in [-0.2, 0) is 29.0 Å². The molecule has 0 aliphatic carbocycles. The molecule has 0 aromatic heterocycles. The van der Waals surface area contributed by atoms with E-state index in [4.69, 9.17) is 21.1 Å². The third kappa shape index (κ3) is 7.58. The van der Waals surface area contributed by atoms with Crippen molar-refractivity contribution in [3.63, 3.8) is 0 Å². The lowest BCUT2D eigenvalue weighted by Crippen LogP contribution is -2.22. The fourth-order valence-electron chi connectivity index (χ4n) is 2.47. The van der Waals surface area contributed by atoms with Gasteiger partial charge in [-0.25, -0.2) is 8.42 Å². The molecule has 0 aliphatic rings. The van der Waals surface area contributed by atoms with Crippen LogP contribution in [-0.4, -0.2) is 45.7 Å². The molecule has 0 bridgehead atoms. The molecule has 11 heteroatoms. The fraction of sp³-hybridized carbons (Fsp3) is 0.250. The summed E-state index contributed by atoms with van der Waals surface area (Å²) in [6.07, 6.45) is -0.427. The van der Waals surface area contributed by atoms with E-state index in [-0.39, 0.29) is 10.8 Å². The van der Waals surface area contributed by atoms with E-state index in [1.165, 1.54) is 44.4 Å². The second-order valence-electron chi connectivity index (χ2n) is 6.33. The van der Waals surface area contributed by atoms with E-state index in [1.807, 2.05) is 0 Å². The van der Waals surface area contributed by atoms with Gasteiger partial charge >= 0.3 is 5.97 Å². The molecule has 166 valence electrons. The van der Waals surface area contributed by atoms with E-state index in [9.17, 15) is 22.8 Å². The zero-order valence-electron chi connectivity index (χ0n) is 16.8. The summed E-state index contributed by atoms with van der Waals surface area (Å²) in [6.45, 7) is 0.738. The predicted octanol–water partition coefficient (Wildman–Crippen LogP) is 2.65. The summed E-state index contributed by atoms with van der Waals surface area (Å²) >= 11 is 5.88. The summed E-state index contributed by atoms with van der Waals surface area (Å²) in [5.74, 6) is -1.87. The molecule has 0 saturated carbocycles. The summed E-state index contributed by atoms with van der Waals surface area (Å²) in [5, 5.41) is 5.41. The molecule has 2 aromatic rings. The standard InChI is InChI=1S/C20H21ClN2O7S/c1-13(24)22-15-4-6-16(7-5-15)31(27,28)10-9-20(26)30-12-19(25)23-17-11-14(21)3-8-18(17)29-2/h3-8,11H,9-10,12H2,1-2H3,(H,22,24)(H,23,25). The largest absolute Gasteiger partial charge is 0.495 e. The Morgan fingerprint density at radius 2 is 1.71 bits per heavy atom. The predicted molar refractivity (Wildman–Crippen MR) is 115 cm³/mol. The molecule has 2 amide bonds. The number of sulfone groups is 1. The molecule has 2 rings (SSSR count). The Bertz CT molecular complexity index is 1070. The SMILES string of the molecule is COc1ccc(Cl)cc1NC(=O)COC(=O)CCS(=O)(=O)c1ccc(NC(C)=O)cc1. The summed E-state index contributed by atoms with van der Waals surface area (Å²) in [5.41, 5.74) is 0.759. The monoisotopic (exact) mass is 468 g/mol. The van der Waals surface area contributed by atoms with Gasteiger partial charge in [-0.1, -0.05) is 11.6 Å². The van der Waals surface area contributed by atoms with Gasteiger partial charge in [-0.15, -0.1) is 0 Å². The van der Waals surface area contributed by atoms with E-state index < -0.39 is 40.5 Å². The lowest BCUT2D eigenvalue weighted by Gasteiger charge is -2.11. The first-order valence-corrected chi connectivity index (χ1v) is 11.0. The van der Waals surface area contributed by atoms with E-state index in [0.717, 1.165) is 0 Å². The van der Waals surface area contributed by atoms with Gasteiger partial charge in [0.15, 0.2) is 16.4 Å². The van der Waals surface area contributed by atoms with Gasteiger partial charge in [-0.05, 0) is 42.5 Å². The lowest BCUT2D eigenvalue weighted by molar-refractivity contribution is -0.146. The van der Waals surface area contributed by atoms with Crippen molar-refractivity contribution in [1.29, 1.82) is 0 Å². The third-order valence-corrected chi connectivity index (χ3v) is 5.88. The van der Waals surface area contributed by atoms with Crippen molar-refractivity contribution < 1.29 is 32.3 Å². The first-order chi connectivity index (χ1) is 14.6. The normalized spacial score (nSPS) is 10.8. The second kappa shape index (κ2) is 10.8. The average molecular weight is 469 g/mol. The third-order valence-electron chi connectivity index (χ3n) is 3.91. The Kier molecular flexibility index (Phi) is 8.40. The van der Waals surface area contributed by atoms with Crippen LogP contribution in [0.25, 0.3) is 0 Å². The van der Waals surface area contributed by atoms with Crippen molar-refractivity contribution in [3.05, 3.63) is 47.5 Å². The number of amides is 2. The number of nitrogens with one attached hydrogen (secondary N) is 2. The number of hydrogen-bond acceptors (Lipinski definition) is 7. The van der Waals surface area contributed by atoms with Crippen LogP contribution in [0.2, 0.25) is 5.02 Å². The molecule has 2 N–H and O–H groups in total. The Hall–Kier alpha value is -3.11. The number of ether oxygens (including phenoxy) is 2. The summed E-state index contributed by atoms with van der Waals surface area (Å²) in [4.78, 5) is 34.9. The highest BCUT2D eigenvalue weighted by molar-refractivity contribution is 7.91. The maximum absolute atomic E-state index is 12.4. The molecule has 0 unspecified atom stereocenters. The van der Waals surface area contributed by atoms with Crippen molar-refractivity contribution in [1.82, 2.24) is 0 Å². The zero-order chi connectivity index (χ0) is 23.0. The van der Waals surface area contributed by atoms with Crippen LogP contribution in [0.15, 0.2) is 47.4 Å². The summed E-state index contributed by atoms with van der Waals surface area (Å²) < 4.78 is 34.6. The van der Waals surface area contributed by atoms with Gasteiger partial charge in [0, 0.05) is 17.6 Å². The molecule has 2 aromatic carbocycles. The molecule has 0 fully saturated rings. The maximum atomic E-state index is 12.4. The number of carbonyl (C=O) groups is 3. The first-order valence-electron chi connectivity index (χ1n) is 9.00. The minimum atomic E-state index is -3.75. The lowest BCUT2D eigenvalue weighted by atomic mass is 10.3. The molecule has 0 radical (unpaired) electrons. The van der Waals surface area contributed by atoms with Crippen molar-refractivity contribution in [2.75, 3.05) is 30.1 Å². The van der Waals surface area contributed by atoms with E-state index in [0.29, 0.717) is 22.1 Å². The topological polar surface area (TPSA) is 128 Å². The van der Waals surface area contributed by atoms with Crippen LogP contribution in [0.1, 0.15) is 13.3 Å². The first kappa shape index (κ1) is 24.2. The fourth-order valence-corrected chi connectivity index (χ4v) is 3.86. The van der Waals surface area contributed by atoms with Gasteiger partial charge in [-0.3, -0.25) is 14.4 Å². The molecular formula is C20H21ClN2O7S. The quantitative estimate of drug-likeness (QED) is 0.541. The zero-order valence-corrected chi connectivity index (χ0v) is 18.4. The number of anilines is 2. The van der Waals surface area contributed by atoms with Crippen molar-refractivity contribution >= 4 is 50.6 Å². The van der Waals surface area contributed by atoms with Crippen molar-refractivity contribution in [3.8, 4) is 5.75 Å². The van der Waals surface area contributed by atoms with Gasteiger partial charge in [0.1, 0.15) is 5.75 Å². The van der Waals surface area contributed by atoms with Gasteiger partial charge in [-0.2, -0.15) is 0 Å². The minimum Gasteiger partial charge on any atom is -0.495 e. The Morgan fingerprint density at radius 1 is 1.03 bits per heavy atom. The number of hydrogen-bond donors (Lipinski definition) is 2. The van der Waals surface area contributed by atoms with E-state index in [1.54, 1.807) is 12.1 Å². The summed E-state index contributed by atoms with van der Waals surface area (Å²) in [6, 6.07) is 10.2. The van der Waals surface area contributed by atoms with Gasteiger partial charge < -0.3 is 20.1 Å². The molecule has 0 atom stereocenters. The Labute approximate surface area is 184 Å². The van der Waals surface area contributed by atoms with Crippen LogP contribution in [0, 0.1) is 0 Å². The number of methoxy groups -OCH3 is 1. The molecule has 0 heterocycles. The van der Waals surface area contributed by atoms with Crippen LogP contribution >= 0.6 is 11.6 Å². The number of halogens is 1. The van der Waals surface area contributed by atoms with Gasteiger partial charge in [0.05, 0.1) is 29.9 Å². The summed E-state index contributed by atoms with van der Waals surface area (Å²) in [7, 11) is -2.32. The van der Waals surface area contributed by atoms with Crippen LogP contribution in [0.4, 0.5) is 11.4 Å². The molecule has 0 spiro atoms. The highest BCUT2D eigenvalue weighted by atomic mass is 35.5. The average Bonchev–Trinajstić information content (AvgIpc) is 2.71. The van der Waals surface area contributed by atoms with Crippen LogP contribution in [0.5, 0.6) is 5.75 Å². The smallest absolute Gasteiger partial charge is 0.307 e. The van der Waals surface area contributed by atoms with Crippen LogP contribution < -0.4 is 15.4 Å². The molecular weight excluding hydrogens is 448 g/mol. The highest BCUT2D eigenvalue weighted by Gasteiger charge is 2.18. The Balaban J connectivity index is 1.85. The van der Waals surface area contributed by atoms with E-state index >= 15 is 0 Å². The number of carbonyl (C=O) groups excluding carboxylic acids is 3. The molecule has 0 aliphatic heterocycles. The Morgan fingerprint density at radius 3 is 2.32 bits per heavy atom. The van der Waals surface area contributed by atoms with E-state index in [2.05, 4.69) is 10.6 Å². The minimum absolute atomic E-state index is 0.000182. The van der Waals surface area contributed by atoms with Gasteiger partial charge in [0.2, 0.25) is 5.91 Å². The highest BCUT2D eigenvalue weighted by Crippen LogP contribution is 2.27. The maximum Gasteiger partial charge on any atom is 0.307 e. The van der Waals surface area contributed by atoms with Gasteiger partial charge in [0.25, 0.3) is 5.91 Å². The second-order valence-corrected chi connectivity index (χ2v) is 8.87. The molecule has 9 nitrogen and oxygen atoms in total. The number of rotatable bonds is 9. The molecule has 0 saturated heterocycles. The number of benzene rings is 2. The van der Waals surface area contributed by atoms with Crippen LogP contribution in [0.3, 0.4) is 0 Å².